The Bertz CT molecular complexity index is 465. The summed E-state index contributed by atoms with van der Waals surface area (Å²) in [6.07, 6.45) is 0.846. The molecule has 0 saturated heterocycles. The predicted molar refractivity (Wildman–Crippen MR) is 63.8 cm³/mol. The van der Waals surface area contributed by atoms with Gasteiger partial charge < -0.3 is 5.32 Å². The Morgan fingerprint density at radius 3 is 2.47 bits per heavy atom. The largest absolute Gasteiger partial charge is 0.325 e. The van der Waals surface area contributed by atoms with Gasteiger partial charge in [-0.1, -0.05) is 19.1 Å². The van der Waals surface area contributed by atoms with Crippen molar-refractivity contribution in [3.63, 3.8) is 0 Å². The van der Waals surface area contributed by atoms with Crippen LogP contribution in [0.1, 0.15) is 18.9 Å². The first kappa shape index (κ1) is 12.7. The standard InChI is InChI=1S/C13H13N3O/c1-2-11(9-15)13(17)16-12-5-3-10(4-6-12)7-8-14/h3-6,11H,2,7H2,1H3,(H,16,17). The molecule has 4 heteroatoms. The number of hydrogen-bond acceptors (Lipinski definition) is 3. The SMILES string of the molecule is CCC(C#N)C(=O)Nc1ccc(CC#N)cc1. The van der Waals surface area contributed by atoms with Gasteiger partial charge in [0.1, 0.15) is 5.92 Å². The molecule has 0 aromatic heterocycles. The molecule has 1 amide bonds. The van der Waals surface area contributed by atoms with Crippen LogP contribution < -0.4 is 5.32 Å². The van der Waals surface area contributed by atoms with Gasteiger partial charge in [0, 0.05) is 5.69 Å². The van der Waals surface area contributed by atoms with Crippen LogP contribution in [0.25, 0.3) is 0 Å². The molecule has 0 aliphatic heterocycles. The third-order valence-corrected chi connectivity index (χ3v) is 2.39. The first-order valence-corrected chi connectivity index (χ1v) is 5.37. The Morgan fingerprint density at radius 1 is 1.35 bits per heavy atom. The van der Waals surface area contributed by atoms with Gasteiger partial charge in [-0.25, -0.2) is 0 Å². The van der Waals surface area contributed by atoms with Gasteiger partial charge in [0.15, 0.2) is 0 Å². The molecule has 0 heterocycles. The van der Waals surface area contributed by atoms with Crippen molar-refractivity contribution in [3.8, 4) is 12.1 Å². The van der Waals surface area contributed by atoms with Gasteiger partial charge >= 0.3 is 0 Å². The summed E-state index contributed by atoms with van der Waals surface area (Å²) in [6, 6.07) is 11.0. The number of hydrogen-bond donors (Lipinski definition) is 1. The lowest BCUT2D eigenvalue weighted by molar-refractivity contribution is -0.118. The molecule has 0 saturated carbocycles. The maximum Gasteiger partial charge on any atom is 0.241 e. The van der Waals surface area contributed by atoms with Gasteiger partial charge in [-0.2, -0.15) is 10.5 Å². The summed E-state index contributed by atoms with van der Waals surface area (Å²) in [5, 5.41) is 19.9. The van der Waals surface area contributed by atoms with Crippen LogP contribution in [-0.4, -0.2) is 5.91 Å². The molecule has 0 radical (unpaired) electrons. The molecule has 17 heavy (non-hydrogen) atoms. The lowest BCUT2D eigenvalue weighted by Crippen LogP contribution is -2.20. The number of rotatable bonds is 4. The fraction of sp³-hybridized carbons (Fsp3) is 0.308. The zero-order valence-electron chi connectivity index (χ0n) is 9.60. The van der Waals surface area contributed by atoms with E-state index in [-0.39, 0.29) is 5.91 Å². The van der Waals surface area contributed by atoms with Crippen LogP contribution in [0.3, 0.4) is 0 Å². The van der Waals surface area contributed by atoms with E-state index in [0.717, 1.165) is 5.56 Å². The molecule has 0 fully saturated rings. The van der Waals surface area contributed by atoms with E-state index in [9.17, 15) is 4.79 Å². The number of anilines is 1. The maximum absolute atomic E-state index is 11.6. The van der Waals surface area contributed by atoms with E-state index in [1.807, 2.05) is 6.07 Å². The van der Waals surface area contributed by atoms with Crippen molar-refractivity contribution in [2.75, 3.05) is 5.32 Å². The number of benzene rings is 1. The average Bonchev–Trinajstić information content (AvgIpc) is 2.33. The van der Waals surface area contributed by atoms with E-state index in [1.54, 1.807) is 31.2 Å². The Kier molecular flexibility index (Phi) is 4.72. The van der Waals surface area contributed by atoms with Gasteiger partial charge in [0.05, 0.1) is 18.6 Å². The van der Waals surface area contributed by atoms with Crippen LogP contribution in [0.2, 0.25) is 0 Å². The van der Waals surface area contributed by atoms with Gasteiger partial charge in [-0.3, -0.25) is 4.79 Å². The quantitative estimate of drug-likeness (QED) is 0.856. The van der Waals surface area contributed by atoms with E-state index < -0.39 is 5.92 Å². The average molecular weight is 227 g/mol. The van der Waals surface area contributed by atoms with E-state index in [4.69, 9.17) is 10.5 Å². The Balaban J connectivity index is 2.67. The number of nitriles is 2. The predicted octanol–water partition coefficient (Wildman–Crippen LogP) is 2.24. The Hall–Kier alpha value is -2.33. The van der Waals surface area contributed by atoms with Gasteiger partial charge in [-0.05, 0) is 24.1 Å². The van der Waals surface area contributed by atoms with Crippen molar-refractivity contribution >= 4 is 11.6 Å². The van der Waals surface area contributed by atoms with Crippen molar-refractivity contribution in [1.29, 1.82) is 10.5 Å². The molecule has 1 aromatic carbocycles. The number of amides is 1. The van der Waals surface area contributed by atoms with Crippen LogP contribution in [-0.2, 0) is 11.2 Å². The van der Waals surface area contributed by atoms with E-state index in [2.05, 4.69) is 11.4 Å². The minimum absolute atomic E-state index is 0.289. The van der Waals surface area contributed by atoms with Crippen molar-refractivity contribution in [1.82, 2.24) is 0 Å². The molecular formula is C13H13N3O. The molecule has 1 atom stereocenters. The summed E-state index contributed by atoms with van der Waals surface area (Å²) in [7, 11) is 0. The topological polar surface area (TPSA) is 76.7 Å². The minimum atomic E-state index is -0.617. The highest BCUT2D eigenvalue weighted by Gasteiger charge is 2.14. The van der Waals surface area contributed by atoms with E-state index in [1.165, 1.54) is 0 Å². The lowest BCUT2D eigenvalue weighted by atomic mass is 10.1. The molecule has 1 N–H and O–H groups in total. The summed E-state index contributed by atoms with van der Waals surface area (Å²) < 4.78 is 0. The molecule has 1 unspecified atom stereocenters. The molecule has 4 nitrogen and oxygen atoms in total. The second-order valence-corrected chi connectivity index (χ2v) is 3.61. The highest BCUT2D eigenvalue weighted by Crippen LogP contribution is 2.12. The van der Waals surface area contributed by atoms with Crippen molar-refractivity contribution in [2.45, 2.75) is 19.8 Å². The summed E-state index contributed by atoms with van der Waals surface area (Å²) in [6.45, 7) is 1.80. The Labute approximate surface area is 100 Å². The summed E-state index contributed by atoms with van der Waals surface area (Å²) in [5.41, 5.74) is 1.54. The van der Waals surface area contributed by atoms with E-state index in [0.29, 0.717) is 18.5 Å². The molecule has 86 valence electrons. The molecular weight excluding hydrogens is 214 g/mol. The highest BCUT2D eigenvalue weighted by atomic mass is 16.1. The second-order valence-electron chi connectivity index (χ2n) is 3.61. The highest BCUT2D eigenvalue weighted by molar-refractivity contribution is 5.94. The zero-order valence-corrected chi connectivity index (χ0v) is 9.60. The van der Waals surface area contributed by atoms with Crippen LogP contribution in [0, 0.1) is 28.6 Å². The van der Waals surface area contributed by atoms with Gasteiger partial charge in [0.25, 0.3) is 0 Å². The molecule has 1 aromatic rings. The summed E-state index contributed by atoms with van der Waals surface area (Å²) in [4.78, 5) is 11.6. The first-order chi connectivity index (χ1) is 8.21. The number of nitrogens with one attached hydrogen (secondary N) is 1. The van der Waals surface area contributed by atoms with Crippen LogP contribution in [0.15, 0.2) is 24.3 Å². The zero-order chi connectivity index (χ0) is 12.7. The number of carbonyl (C=O) groups excluding carboxylic acids is 1. The smallest absolute Gasteiger partial charge is 0.241 e. The molecule has 0 aliphatic rings. The normalized spacial score (nSPS) is 11.0. The van der Waals surface area contributed by atoms with Gasteiger partial charge in [0.2, 0.25) is 5.91 Å². The third-order valence-electron chi connectivity index (χ3n) is 2.39. The van der Waals surface area contributed by atoms with Gasteiger partial charge in [-0.15, -0.1) is 0 Å². The van der Waals surface area contributed by atoms with E-state index >= 15 is 0 Å². The second kappa shape index (κ2) is 6.30. The van der Waals surface area contributed by atoms with Crippen LogP contribution in [0.5, 0.6) is 0 Å². The molecule has 0 bridgehead atoms. The first-order valence-electron chi connectivity index (χ1n) is 5.37. The Morgan fingerprint density at radius 2 is 2.00 bits per heavy atom. The fourth-order valence-corrected chi connectivity index (χ4v) is 1.36. The van der Waals surface area contributed by atoms with Crippen molar-refractivity contribution in [2.24, 2.45) is 5.92 Å². The minimum Gasteiger partial charge on any atom is -0.325 e. The third kappa shape index (κ3) is 3.62. The lowest BCUT2D eigenvalue weighted by Gasteiger charge is -2.08. The molecule has 0 spiro atoms. The van der Waals surface area contributed by atoms with Crippen molar-refractivity contribution < 1.29 is 4.79 Å². The summed E-state index contributed by atoms with van der Waals surface area (Å²) in [5.74, 6) is -0.906. The molecule has 1 rings (SSSR count). The monoisotopic (exact) mass is 227 g/mol. The van der Waals surface area contributed by atoms with Crippen molar-refractivity contribution in [3.05, 3.63) is 29.8 Å². The van der Waals surface area contributed by atoms with Crippen LogP contribution >= 0.6 is 0 Å². The maximum atomic E-state index is 11.6. The number of carbonyl (C=O) groups is 1. The molecule has 0 aliphatic carbocycles. The number of nitrogens with zero attached hydrogens (tertiary/aromatic N) is 2. The van der Waals surface area contributed by atoms with Crippen LogP contribution in [0.4, 0.5) is 5.69 Å². The summed E-state index contributed by atoms with van der Waals surface area (Å²) >= 11 is 0. The fourth-order valence-electron chi connectivity index (χ4n) is 1.36.